The van der Waals surface area contributed by atoms with Crippen LogP contribution in [0.15, 0.2) is 4.99 Å². The average Bonchev–Trinajstić information content (AvgIpc) is 1.83. The number of hydrogen-bond donors (Lipinski definition) is 0. The molecule has 0 aliphatic carbocycles. The molecular formula is C9H15F2N. The highest BCUT2D eigenvalue weighted by atomic mass is 19.3. The van der Waals surface area contributed by atoms with Gasteiger partial charge in [-0.1, -0.05) is 20.8 Å². The van der Waals surface area contributed by atoms with Gasteiger partial charge in [0.15, 0.2) is 0 Å². The fourth-order valence-corrected chi connectivity index (χ4v) is 1.28. The predicted octanol–water partition coefficient (Wildman–Crippen LogP) is 2.90. The van der Waals surface area contributed by atoms with Gasteiger partial charge in [0, 0.05) is 12.1 Å². The van der Waals surface area contributed by atoms with Gasteiger partial charge < -0.3 is 0 Å². The number of aliphatic imine (C=N–C) groups is 1. The number of nitrogens with zero attached hydrogens (tertiary/aromatic N) is 1. The van der Waals surface area contributed by atoms with E-state index in [1.165, 1.54) is 0 Å². The summed E-state index contributed by atoms with van der Waals surface area (Å²) < 4.78 is 25.3. The minimum Gasteiger partial charge on any atom is -0.287 e. The Balaban J connectivity index is 2.69. The van der Waals surface area contributed by atoms with Crippen molar-refractivity contribution in [1.82, 2.24) is 0 Å². The maximum atomic E-state index is 12.7. The highest BCUT2D eigenvalue weighted by Crippen LogP contribution is 2.30. The molecule has 0 N–H and O–H groups in total. The molecule has 0 aromatic heterocycles. The Labute approximate surface area is 71.9 Å². The van der Waals surface area contributed by atoms with Crippen LogP contribution in [0.25, 0.3) is 0 Å². The number of halogens is 2. The Morgan fingerprint density at radius 1 is 1.33 bits per heavy atom. The minimum absolute atomic E-state index is 0.0386. The van der Waals surface area contributed by atoms with E-state index in [0.29, 0.717) is 6.42 Å². The van der Waals surface area contributed by atoms with E-state index < -0.39 is 5.92 Å². The topological polar surface area (TPSA) is 12.4 Å². The maximum Gasteiger partial charge on any atom is 0.267 e. The van der Waals surface area contributed by atoms with Crippen molar-refractivity contribution < 1.29 is 8.78 Å². The first-order valence-electron chi connectivity index (χ1n) is 4.23. The molecule has 0 saturated heterocycles. The summed E-state index contributed by atoms with van der Waals surface area (Å²) in [5.74, 6) is -2.56. The van der Waals surface area contributed by atoms with Crippen molar-refractivity contribution in [1.29, 1.82) is 0 Å². The first kappa shape index (κ1) is 9.62. The molecule has 1 heterocycles. The van der Waals surface area contributed by atoms with E-state index in [9.17, 15) is 8.78 Å². The summed E-state index contributed by atoms with van der Waals surface area (Å²) in [6, 6.07) is 0. The van der Waals surface area contributed by atoms with Gasteiger partial charge in [-0.15, -0.1) is 0 Å². The molecule has 0 unspecified atom stereocenters. The summed E-state index contributed by atoms with van der Waals surface area (Å²) in [6.07, 6.45) is 0.402. The minimum atomic E-state index is -2.56. The van der Waals surface area contributed by atoms with Gasteiger partial charge in [-0.2, -0.15) is 0 Å². The van der Waals surface area contributed by atoms with Gasteiger partial charge in [-0.05, 0) is 11.8 Å². The second-order valence-electron chi connectivity index (χ2n) is 4.37. The molecule has 12 heavy (non-hydrogen) atoms. The van der Waals surface area contributed by atoms with Crippen LogP contribution in [0.2, 0.25) is 0 Å². The van der Waals surface area contributed by atoms with Crippen molar-refractivity contribution in [3.05, 3.63) is 0 Å². The molecule has 0 spiro atoms. The molecule has 0 amide bonds. The first-order valence-corrected chi connectivity index (χ1v) is 4.23. The molecule has 0 fully saturated rings. The lowest BCUT2D eigenvalue weighted by Gasteiger charge is -2.28. The molecule has 1 aliphatic heterocycles. The zero-order chi connectivity index (χ0) is 9.41. The monoisotopic (exact) mass is 175 g/mol. The smallest absolute Gasteiger partial charge is 0.267 e. The molecule has 0 saturated carbocycles. The lowest BCUT2D eigenvalue weighted by atomic mass is 9.85. The van der Waals surface area contributed by atoms with E-state index in [0.717, 1.165) is 5.71 Å². The van der Waals surface area contributed by atoms with E-state index in [1.807, 2.05) is 20.8 Å². The van der Waals surface area contributed by atoms with Gasteiger partial charge in [0.1, 0.15) is 6.54 Å². The van der Waals surface area contributed by atoms with E-state index in [-0.39, 0.29) is 18.4 Å². The largest absolute Gasteiger partial charge is 0.287 e. The van der Waals surface area contributed by atoms with Gasteiger partial charge in [0.25, 0.3) is 5.92 Å². The van der Waals surface area contributed by atoms with Gasteiger partial charge in [0.05, 0.1) is 0 Å². The van der Waals surface area contributed by atoms with Gasteiger partial charge in [-0.3, -0.25) is 4.99 Å². The predicted molar refractivity (Wildman–Crippen MR) is 45.9 cm³/mol. The summed E-state index contributed by atoms with van der Waals surface area (Å²) in [4.78, 5) is 3.92. The summed E-state index contributed by atoms with van der Waals surface area (Å²) in [5, 5.41) is 0. The van der Waals surface area contributed by atoms with Gasteiger partial charge in [0.2, 0.25) is 0 Å². The summed E-state index contributed by atoms with van der Waals surface area (Å²) in [7, 11) is 0. The Bertz CT molecular complexity index is 201. The van der Waals surface area contributed by atoms with Crippen molar-refractivity contribution in [3.63, 3.8) is 0 Å². The lowest BCUT2D eigenvalue weighted by Crippen LogP contribution is -2.32. The van der Waals surface area contributed by atoms with Crippen LogP contribution < -0.4 is 0 Å². The van der Waals surface area contributed by atoms with Crippen LogP contribution in [0.5, 0.6) is 0 Å². The molecule has 0 bridgehead atoms. The Morgan fingerprint density at radius 2 is 1.92 bits per heavy atom. The van der Waals surface area contributed by atoms with E-state index >= 15 is 0 Å². The third kappa shape index (κ3) is 2.26. The fourth-order valence-electron chi connectivity index (χ4n) is 1.28. The van der Waals surface area contributed by atoms with Crippen molar-refractivity contribution >= 4 is 5.71 Å². The number of alkyl halides is 2. The van der Waals surface area contributed by atoms with Crippen LogP contribution in [0.4, 0.5) is 8.78 Å². The summed E-state index contributed by atoms with van der Waals surface area (Å²) >= 11 is 0. The zero-order valence-corrected chi connectivity index (χ0v) is 7.82. The molecule has 1 aliphatic rings. The number of hydrogen-bond acceptors (Lipinski definition) is 1. The van der Waals surface area contributed by atoms with Crippen LogP contribution in [0.3, 0.4) is 0 Å². The van der Waals surface area contributed by atoms with Crippen molar-refractivity contribution in [3.8, 4) is 0 Å². The lowest BCUT2D eigenvalue weighted by molar-refractivity contribution is -0.0000737. The molecular weight excluding hydrogens is 160 g/mol. The van der Waals surface area contributed by atoms with E-state index in [4.69, 9.17) is 0 Å². The summed E-state index contributed by atoms with van der Waals surface area (Å²) in [6.45, 7) is 5.71. The van der Waals surface area contributed by atoms with Crippen LogP contribution in [-0.4, -0.2) is 18.2 Å². The van der Waals surface area contributed by atoms with Crippen LogP contribution in [-0.2, 0) is 0 Å². The van der Waals surface area contributed by atoms with E-state index in [1.54, 1.807) is 0 Å². The highest BCUT2D eigenvalue weighted by Gasteiger charge is 2.34. The Kier molecular flexibility index (Phi) is 2.23. The van der Waals surface area contributed by atoms with E-state index in [2.05, 4.69) is 4.99 Å². The van der Waals surface area contributed by atoms with Crippen LogP contribution in [0.1, 0.15) is 33.6 Å². The average molecular weight is 175 g/mol. The van der Waals surface area contributed by atoms with Crippen molar-refractivity contribution in [2.45, 2.75) is 39.5 Å². The fraction of sp³-hybridized carbons (Fsp3) is 0.889. The standard InChI is InChI=1S/C9H15F2N/c1-8(2,3)7-4-5-9(10,11)6-12-7/h4-6H2,1-3H3. The second-order valence-corrected chi connectivity index (χ2v) is 4.37. The van der Waals surface area contributed by atoms with Gasteiger partial charge in [-0.25, -0.2) is 8.78 Å². The Morgan fingerprint density at radius 3 is 2.25 bits per heavy atom. The molecule has 1 rings (SSSR count). The third-order valence-corrected chi connectivity index (χ3v) is 2.09. The molecule has 0 aromatic carbocycles. The Hall–Kier alpha value is -0.470. The normalized spacial score (nSPS) is 23.6. The molecule has 0 aromatic rings. The van der Waals surface area contributed by atoms with Crippen molar-refractivity contribution in [2.75, 3.05) is 6.54 Å². The molecule has 0 radical (unpaired) electrons. The molecule has 3 heteroatoms. The van der Waals surface area contributed by atoms with Crippen molar-refractivity contribution in [2.24, 2.45) is 10.4 Å². The quantitative estimate of drug-likeness (QED) is 0.536. The zero-order valence-electron chi connectivity index (χ0n) is 7.82. The van der Waals surface area contributed by atoms with Gasteiger partial charge >= 0.3 is 0 Å². The third-order valence-electron chi connectivity index (χ3n) is 2.09. The second kappa shape index (κ2) is 2.79. The van der Waals surface area contributed by atoms with Crippen LogP contribution in [0, 0.1) is 5.41 Å². The SMILES string of the molecule is CC(C)(C)C1=NCC(F)(F)CC1. The molecule has 1 nitrogen and oxygen atoms in total. The molecule has 0 atom stereocenters. The number of rotatable bonds is 0. The first-order chi connectivity index (χ1) is 5.31. The van der Waals surface area contributed by atoms with Crippen LogP contribution >= 0.6 is 0 Å². The highest BCUT2D eigenvalue weighted by molar-refractivity contribution is 5.89. The maximum absolute atomic E-state index is 12.7. The summed E-state index contributed by atoms with van der Waals surface area (Å²) in [5.41, 5.74) is 0.879. The molecule has 70 valence electrons.